The number of rotatable bonds is 6. The number of hydrogen-bond donors (Lipinski definition) is 1. The summed E-state index contributed by atoms with van der Waals surface area (Å²) >= 11 is 0. The van der Waals surface area contributed by atoms with Crippen molar-refractivity contribution in [2.24, 2.45) is 0 Å². The van der Waals surface area contributed by atoms with E-state index >= 15 is 0 Å². The lowest BCUT2D eigenvalue weighted by molar-refractivity contribution is 0.0743. The van der Waals surface area contributed by atoms with Gasteiger partial charge in [0.15, 0.2) is 5.82 Å². The van der Waals surface area contributed by atoms with Gasteiger partial charge in [0.2, 0.25) is 0 Å². The first-order chi connectivity index (χ1) is 9.16. The van der Waals surface area contributed by atoms with E-state index in [2.05, 4.69) is 15.5 Å². The first-order valence-corrected chi connectivity index (χ1v) is 6.40. The average molecular weight is 261 g/mol. The standard InChI is InChI=1S/C13H19N5O/c1-10(2)19-8-4-7-18-13(15-16-17-18)11-5-3-6-12(14)9-11/h3,5-6,9-10H,4,7-8,14H2,1-2H3. The molecule has 6 heteroatoms. The van der Waals surface area contributed by atoms with E-state index in [0.717, 1.165) is 24.4 Å². The van der Waals surface area contributed by atoms with Crippen molar-refractivity contribution in [2.75, 3.05) is 12.3 Å². The smallest absolute Gasteiger partial charge is 0.182 e. The van der Waals surface area contributed by atoms with Crippen molar-refractivity contribution in [2.45, 2.75) is 32.9 Å². The van der Waals surface area contributed by atoms with Gasteiger partial charge in [-0.25, -0.2) is 4.68 Å². The maximum Gasteiger partial charge on any atom is 0.182 e. The van der Waals surface area contributed by atoms with E-state index in [1.807, 2.05) is 38.1 Å². The molecule has 0 unspecified atom stereocenters. The van der Waals surface area contributed by atoms with E-state index in [-0.39, 0.29) is 6.10 Å². The van der Waals surface area contributed by atoms with E-state index < -0.39 is 0 Å². The summed E-state index contributed by atoms with van der Waals surface area (Å²) in [5.74, 6) is 0.733. The van der Waals surface area contributed by atoms with Crippen LogP contribution in [-0.4, -0.2) is 32.9 Å². The Balaban J connectivity index is 2.02. The molecule has 1 aromatic heterocycles. The summed E-state index contributed by atoms with van der Waals surface area (Å²) in [4.78, 5) is 0. The molecule has 1 heterocycles. The zero-order valence-electron chi connectivity index (χ0n) is 11.3. The third-order valence-corrected chi connectivity index (χ3v) is 2.64. The highest BCUT2D eigenvalue weighted by Gasteiger charge is 2.08. The molecular formula is C13H19N5O. The molecule has 0 atom stereocenters. The molecule has 0 aliphatic heterocycles. The SMILES string of the molecule is CC(C)OCCCn1nnnc1-c1cccc(N)c1. The molecule has 6 nitrogen and oxygen atoms in total. The van der Waals surface area contributed by atoms with Crippen LogP contribution in [0.15, 0.2) is 24.3 Å². The molecule has 0 aliphatic carbocycles. The van der Waals surface area contributed by atoms with Crippen LogP contribution in [0, 0.1) is 0 Å². The number of tetrazole rings is 1. The lowest BCUT2D eigenvalue weighted by Crippen LogP contribution is -2.09. The van der Waals surface area contributed by atoms with Gasteiger partial charge in [-0.1, -0.05) is 12.1 Å². The van der Waals surface area contributed by atoms with E-state index in [0.29, 0.717) is 12.3 Å². The highest BCUT2D eigenvalue weighted by Crippen LogP contribution is 2.18. The number of benzene rings is 1. The fraction of sp³-hybridized carbons (Fsp3) is 0.462. The Hall–Kier alpha value is -1.95. The monoisotopic (exact) mass is 261 g/mol. The van der Waals surface area contributed by atoms with Gasteiger partial charge in [0.1, 0.15) is 0 Å². The van der Waals surface area contributed by atoms with Crippen molar-refractivity contribution in [1.82, 2.24) is 20.2 Å². The van der Waals surface area contributed by atoms with Crippen LogP contribution < -0.4 is 5.73 Å². The van der Waals surface area contributed by atoms with Crippen LogP contribution in [0.1, 0.15) is 20.3 Å². The summed E-state index contributed by atoms with van der Waals surface area (Å²) in [6, 6.07) is 7.55. The second-order valence-corrected chi connectivity index (χ2v) is 4.62. The normalized spacial score (nSPS) is 11.1. The fourth-order valence-corrected chi connectivity index (χ4v) is 1.77. The minimum atomic E-state index is 0.252. The van der Waals surface area contributed by atoms with E-state index in [4.69, 9.17) is 10.5 Å². The molecule has 0 aliphatic rings. The maximum absolute atomic E-state index is 5.77. The number of nitrogens with two attached hydrogens (primary N) is 1. The number of hydrogen-bond acceptors (Lipinski definition) is 5. The van der Waals surface area contributed by atoms with E-state index in [9.17, 15) is 0 Å². The molecule has 0 radical (unpaired) electrons. The van der Waals surface area contributed by atoms with Crippen molar-refractivity contribution >= 4 is 5.69 Å². The maximum atomic E-state index is 5.77. The van der Waals surface area contributed by atoms with Gasteiger partial charge in [-0.05, 0) is 42.8 Å². The Kier molecular flexibility index (Phi) is 4.46. The Morgan fingerprint density at radius 3 is 2.95 bits per heavy atom. The molecule has 0 saturated heterocycles. The van der Waals surface area contributed by atoms with Crippen LogP contribution in [0.5, 0.6) is 0 Å². The minimum Gasteiger partial charge on any atom is -0.399 e. The molecule has 1 aromatic carbocycles. The Labute approximate surface area is 112 Å². The summed E-state index contributed by atoms with van der Waals surface area (Å²) in [7, 11) is 0. The first-order valence-electron chi connectivity index (χ1n) is 6.40. The van der Waals surface area contributed by atoms with Gasteiger partial charge in [0.05, 0.1) is 6.10 Å². The van der Waals surface area contributed by atoms with Gasteiger partial charge >= 0.3 is 0 Å². The largest absolute Gasteiger partial charge is 0.399 e. The summed E-state index contributed by atoms with van der Waals surface area (Å²) in [5.41, 5.74) is 7.40. The molecular weight excluding hydrogens is 242 g/mol. The van der Waals surface area contributed by atoms with Gasteiger partial charge in [-0.15, -0.1) is 5.10 Å². The van der Waals surface area contributed by atoms with E-state index in [1.165, 1.54) is 0 Å². The minimum absolute atomic E-state index is 0.252. The second-order valence-electron chi connectivity index (χ2n) is 4.62. The Morgan fingerprint density at radius 2 is 2.21 bits per heavy atom. The molecule has 19 heavy (non-hydrogen) atoms. The van der Waals surface area contributed by atoms with Crippen molar-refractivity contribution in [3.63, 3.8) is 0 Å². The number of anilines is 1. The third kappa shape index (κ3) is 3.75. The molecule has 0 saturated carbocycles. The Bertz CT molecular complexity index is 523. The highest BCUT2D eigenvalue weighted by atomic mass is 16.5. The summed E-state index contributed by atoms with van der Waals surface area (Å²) in [5, 5.41) is 11.8. The van der Waals surface area contributed by atoms with Crippen molar-refractivity contribution in [3.05, 3.63) is 24.3 Å². The Morgan fingerprint density at radius 1 is 1.37 bits per heavy atom. The van der Waals surface area contributed by atoms with Crippen LogP contribution >= 0.6 is 0 Å². The number of nitrogens with zero attached hydrogens (tertiary/aromatic N) is 4. The van der Waals surface area contributed by atoms with Crippen molar-refractivity contribution in [3.8, 4) is 11.4 Å². The van der Waals surface area contributed by atoms with Crippen molar-refractivity contribution in [1.29, 1.82) is 0 Å². The van der Waals surface area contributed by atoms with Crippen LogP contribution in [-0.2, 0) is 11.3 Å². The van der Waals surface area contributed by atoms with Gasteiger partial charge in [0.25, 0.3) is 0 Å². The number of aryl methyl sites for hydroxylation is 1. The van der Waals surface area contributed by atoms with Gasteiger partial charge in [-0.2, -0.15) is 0 Å². The highest BCUT2D eigenvalue weighted by molar-refractivity contribution is 5.60. The quantitative estimate of drug-likeness (QED) is 0.633. The number of aromatic nitrogens is 4. The molecule has 0 amide bonds. The molecule has 2 N–H and O–H groups in total. The lowest BCUT2D eigenvalue weighted by Gasteiger charge is -2.08. The molecule has 102 valence electrons. The fourth-order valence-electron chi connectivity index (χ4n) is 1.77. The number of ether oxygens (including phenoxy) is 1. The molecule has 0 fully saturated rings. The predicted molar refractivity (Wildman–Crippen MR) is 73.4 cm³/mol. The van der Waals surface area contributed by atoms with Crippen LogP contribution in [0.4, 0.5) is 5.69 Å². The predicted octanol–water partition coefficient (Wildman–Crippen LogP) is 1.74. The average Bonchev–Trinajstić information content (AvgIpc) is 2.83. The molecule has 0 bridgehead atoms. The molecule has 2 aromatic rings. The topological polar surface area (TPSA) is 78.8 Å². The zero-order valence-corrected chi connectivity index (χ0v) is 11.3. The second kappa shape index (κ2) is 6.29. The van der Waals surface area contributed by atoms with Crippen LogP contribution in [0.2, 0.25) is 0 Å². The molecule has 0 spiro atoms. The molecule has 2 rings (SSSR count). The number of nitrogen functional groups attached to an aromatic ring is 1. The first kappa shape index (κ1) is 13.5. The van der Waals surface area contributed by atoms with Gasteiger partial charge in [0, 0.05) is 24.4 Å². The summed E-state index contributed by atoms with van der Waals surface area (Å²) < 4.78 is 7.28. The van der Waals surface area contributed by atoms with E-state index in [1.54, 1.807) is 4.68 Å². The van der Waals surface area contributed by atoms with Crippen LogP contribution in [0.3, 0.4) is 0 Å². The lowest BCUT2D eigenvalue weighted by atomic mass is 10.2. The third-order valence-electron chi connectivity index (χ3n) is 2.64. The van der Waals surface area contributed by atoms with Crippen molar-refractivity contribution < 1.29 is 4.74 Å². The van der Waals surface area contributed by atoms with Gasteiger partial charge < -0.3 is 10.5 Å². The van der Waals surface area contributed by atoms with Gasteiger partial charge in [-0.3, -0.25) is 0 Å². The zero-order chi connectivity index (χ0) is 13.7. The summed E-state index contributed by atoms with van der Waals surface area (Å²) in [6.07, 6.45) is 1.13. The summed E-state index contributed by atoms with van der Waals surface area (Å²) in [6.45, 7) is 5.47. The van der Waals surface area contributed by atoms with Crippen LogP contribution in [0.25, 0.3) is 11.4 Å².